The van der Waals surface area contributed by atoms with Crippen molar-refractivity contribution in [1.82, 2.24) is 0 Å². The molecule has 2 aromatic carbocycles. The Labute approximate surface area is 109 Å². The van der Waals surface area contributed by atoms with Crippen molar-refractivity contribution in [3.8, 4) is 11.5 Å². The summed E-state index contributed by atoms with van der Waals surface area (Å²) in [5.41, 5.74) is 8.04. The Morgan fingerprint density at radius 2 is 1.89 bits per heavy atom. The minimum Gasteiger partial charge on any atom is -0.454 e. The van der Waals surface area contributed by atoms with Crippen molar-refractivity contribution < 1.29 is 13.9 Å². The molecule has 0 fully saturated rings. The first-order chi connectivity index (χ1) is 9.13. The molecule has 2 aromatic rings. The second-order valence-corrected chi connectivity index (χ2v) is 4.38. The summed E-state index contributed by atoms with van der Waals surface area (Å²) in [4.78, 5) is 0. The summed E-state index contributed by atoms with van der Waals surface area (Å²) in [6, 6.07) is 8.34. The number of halogens is 1. The van der Waals surface area contributed by atoms with Gasteiger partial charge in [0.2, 0.25) is 6.79 Å². The first-order valence-corrected chi connectivity index (χ1v) is 5.86. The normalized spacial score (nSPS) is 12.5. The van der Waals surface area contributed by atoms with Crippen molar-refractivity contribution >= 4 is 17.1 Å². The van der Waals surface area contributed by atoms with Crippen molar-refractivity contribution in [3.63, 3.8) is 0 Å². The summed E-state index contributed by atoms with van der Waals surface area (Å²) >= 11 is 0. The summed E-state index contributed by atoms with van der Waals surface area (Å²) in [6.07, 6.45) is 0. The molecule has 4 nitrogen and oxygen atoms in total. The van der Waals surface area contributed by atoms with Gasteiger partial charge in [0.05, 0.1) is 5.69 Å². The number of nitrogens with one attached hydrogen (secondary N) is 1. The molecule has 98 valence electrons. The number of ether oxygens (including phenoxy) is 2. The van der Waals surface area contributed by atoms with Crippen molar-refractivity contribution in [2.75, 3.05) is 17.8 Å². The van der Waals surface area contributed by atoms with Gasteiger partial charge in [0.15, 0.2) is 11.5 Å². The molecule has 19 heavy (non-hydrogen) atoms. The monoisotopic (exact) mass is 260 g/mol. The van der Waals surface area contributed by atoms with E-state index in [4.69, 9.17) is 15.2 Å². The van der Waals surface area contributed by atoms with Gasteiger partial charge in [-0.15, -0.1) is 0 Å². The zero-order valence-corrected chi connectivity index (χ0v) is 10.4. The number of aryl methyl sites for hydroxylation is 1. The Morgan fingerprint density at radius 3 is 2.63 bits per heavy atom. The first kappa shape index (κ1) is 11.6. The van der Waals surface area contributed by atoms with E-state index < -0.39 is 5.82 Å². The topological polar surface area (TPSA) is 56.5 Å². The van der Waals surface area contributed by atoms with Crippen molar-refractivity contribution in [3.05, 3.63) is 41.7 Å². The van der Waals surface area contributed by atoms with E-state index in [0.717, 1.165) is 17.0 Å². The van der Waals surface area contributed by atoms with E-state index in [0.29, 0.717) is 11.4 Å². The third-order valence-corrected chi connectivity index (χ3v) is 3.00. The van der Waals surface area contributed by atoms with Gasteiger partial charge in [0.1, 0.15) is 5.82 Å². The van der Waals surface area contributed by atoms with E-state index >= 15 is 0 Å². The number of rotatable bonds is 2. The lowest BCUT2D eigenvalue weighted by Gasteiger charge is -2.11. The minimum atomic E-state index is -0.441. The van der Waals surface area contributed by atoms with Gasteiger partial charge in [-0.2, -0.15) is 0 Å². The largest absolute Gasteiger partial charge is 0.454 e. The molecule has 0 aromatic heterocycles. The molecule has 0 spiro atoms. The Bertz CT molecular complexity index is 644. The highest BCUT2D eigenvalue weighted by Crippen LogP contribution is 2.37. The van der Waals surface area contributed by atoms with Gasteiger partial charge in [0, 0.05) is 17.4 Å². The molecule has 0 atom stereocenters. The average Bonchev–Trinajstić information content (AvgIpc) is 2.81. The van der Waals surface area contributed by atoms with E-state index in [2.05, 4.69) is 5.32 Å². The third kappa shape index (κ3) is 2.14. The lowest BCUT2D eigenvalue weighted by atomic mass is 10.1. The molecule has 0 unspecified atom stereocenters. The number of anilines is 3. The molecular formula is C14H13FN2O2. The van der Waals surface area contributed by atoms with Crippen LogP contribution in [-0.4, -0.2) is 6.79 Å². The summed E-state index contributed by atoms with van der Waals surface area (Å²) in [5, 5.41) is 3.14. The van der Waals surface area contributed by atoms with Crippen LogP contribution in [0.4, 0.5) is 21.5 Å². The minimum absolute atomic E-state index is 0.132. The van der Waals surface area contributed by atoms with Crippen LogP contribution in [0.25, 0.3) is 0 Å². The predicted octanol–water partition coefficient (Wildman–Crippen LogP) is 3.19. The Kier molecular flexibility index (Phi) is 2.67. The quantitative estimate of drug-likeness (QED) is 0.814. The van der Waals surface area contributed by atoms with Gasteiger partial charge in [-0.1, -0.05) is 0 Å². The van der Waals surface area contributed by atoms with Crippen LogP contribution in [0.5, 0.6) is 11.5 Å². The van der Waals surface area contributed by atoms with Crippen LogP contribution in [0.2, 0.25) is 0 Å². The maximum Gasteiger partial charge on any atom is 0.231 e. The van der Waals surface area contributed by atoms with Crippen LogP contribution in [0.1, 0.15) is 5.56 Å². The number of hydrogen-bond donors (Lipinski definition) is 2. The van der Waals surface area contributed by atoms with Crippen LogP contribution < -0.4 is 20.5 Å². The Hall–Kier alpha value is -2.43. The van der Waals surface area contributed by atoms with E-state index in [-0.39, 0.29) is 12.5 Å². The average molecular weight is 260 g/mol. The lowest BCUT2D eigenvalue weighted by molar-refractivity contribution is 0.174. The fourth-order valence-electron chi connectivity index (χ4n) is 1.94. The molecular weight excluding hydrogens is 247 g/mol. The zero-order chi connectivity index (χ0) is 13.4. The molecule has 5 heteroatoms. The standard InChI is InChI=1S/C14H13FN2O2/c1-8-4-13-14(19-7-18-13)6-12(8)17-9-2-3-11(16)10(15)5-9/h2-6,17H,7,16H2,1H3. The van der Waals surface area contributed by atoms with Crippen molar-refractivity contribution in [2.24, 2.45) is 0 Å². The number of fused-ring (bicyclic) bond motifs is 1. The van der Waals surface area contributed by atoms with Crippen molar-refractivity contribution in [2.45, 2.75) is 6.92 Å². The van der Waals surface area contributed by atoms with Crippen LogP contribution in [0, 0.1) is 12.7 Å². The van der Waals surface area contributed by atoms with Crippen LogP contribution >= 0.6 is 0 Å². The van der Waals surface area contributed by atoms with Crippen LogP contribution in [0.3, 0.4) is 0 Å². The molecule has 0 saturated carbocycles. The molecule has 0 radical (unpaired) electrons. The number of hydrogen-bond acceptors (Lipinski definition) is 4. The van der Waals surface area contributed by atoms with Gasteiger partial charge < -0.3 is 20.5 Å². The summed E-state index contributed by atoms with van der Waals surface area (Å²) < 4.78 is 24.0. The molecule has 3 N–H and O–H groups in total. The van der Waals surface area contributed by atoms with Crippen molar-refractivity contribution in [1.29, 1.82) is 0 Å². The smallest absolute Gasteiger partial charge is 0.231 e. The number of nitrogen functional groups attached to an aromatic ring is 1. The summed E-state index contributed by atoms with van der Waals surface area (Å²) in [5.74, 6) is 0.971. The highest BCUT2D eigenvalue weighted by molar-refractivity contribution is 5.68. The second-order valence-electron chi connectivity index (χ2n) is 4.38. The van der Waals surface area contributed by atoms with E-state index in [9.17, 15) is 4.39 Å². The number of nitrogens with two attached hydrogens (primary N) is 1. The second kappa shape index (κ2) is 4.35. The molecule has 0 aliphatic carbocycles. The van der Waals surface area contributed by atoms with E-state index in [1.807, 2.05) is 19.1 Å². The van der Waals surface area contributed by atoms with Gasteiger partial charge in [-0.25, -0.2) is 4.39 Å². The van der Waals surface area contributed by atoms with E-state index in [1.54, 1.807) is 6.07 Å². The fourth-order valence-corrected chi connectivity index (χ4v) is 1.94. The first-order valence-electron chi connectivity index (χ1n) is 5.86. The SMILES string of the molecule is Cc1cc2c(cc1Nc1ccc(N)c(F)c1)OCO2. The molecule has 0 amide bonds. The highest BCUT2D eigenvalue weighted by atomic mass is 19.1. The van der Waals surface area contributed by atoms with Gasteiger partial charge in [-0.3, -0.25) is 0 Å². The Balaban J connectivity index is 1.92. The summed E-state index contributed by atoms with van der Waals surface area (Å²) in [7, 11) is 0. The maximum atomic E-state index is 13.4. The molecule has 0 bridgehead atoms. The predicted molar refractivity (Wildman–Crippen MR) is 71.4 cm³/mol. The van der Waals surface area contributed by atoms with Gasteiger partial charge in [-0.05, 0) is 36.8 Å². The molecule has 3 rings (SSSR count). The molecule has 1 aliphatic rings. The fraction of sp³-hybridized carbons (Fsp3) is 0.143. The van der Waals surface area contributed by atoms with Gasteiger partial charge >= 0.3 is 0 Å². The molecule has 0 saturated heterocycles. The highest BCUT2D eigenvalue weighted by Gasteiger charge is 2.15. The number of benzene rings is 2. The van der Waals surface area contributed by atoms with Crippen LogP contribution in [-0.2, 0) is 0 Å². The zero-order valence-electron chi connectivity index (χ0n) is 10.4. The van der Waals surface area contributed by atoms with Gasteiger partial charge in [0.25, 0.3) is 0 Å². The van der Waals surface area contributed by atoms with Crippen LogP contribution in [0.15, 0.2) is 30.3 Å². The molecule has 1 heterocycles. The maximum absolute atomic E-state index is 13.4. The van der Waals surface area contributed by atoms with E-state index in [1.165, 1.54) is 12.1 Å². The summed E-state index contributed by atoms with van der Waals surface area (Å²) in [6.45, 7) is 2.17. The Morgan fingerprint density at radius 1 is 1.16 bits per heavy atom. The third-order valence-electron chi connectivity index (χ3n) is 3.00. The molecule has 1 aliphatic heterocycles. The lowest BCUT2D eigenvalue weighted by Crippen LogP contribution is -1.96.